The van der Waals surface area contributed by atoms with Gasteiger partial charge in [-0.1, -0.05) is 25.8 Å². The quantitative estimate of drug-likeness (QED) is 0.298. The average molecular weight is 566 g/mol. The summed E-state index contributed by atoms with van der Waals surface area (Å²) in [5.41, 5.74) is 1.32. The van der Waals surface area contributed by atoms with Gasteiger partial charge in [0.25, 0.3) is 0 Å². The number of carbonyl (C=O) groups is 2. The van der Waals surface area contributed by atoms with Crippen molar-refractivity contribution in [2.45, 2.75) is 110 Å². The number of Topliss-reactive ketones (excluding diaryl/α,β-unsaturated/α-hetero) is 1. The number of likely N-dealkylation sites (tertiary alicyclic amines) is 1. The van der Waals surface area contributed by atoms with Crippen LogP contribution >= 0.6 is 0 Å². The predicted molar refractivity (Wildman–Crippen MR) is 156 cm³/mol. The molecule has 1 aromatic carbocycles. The number of halogens is 1. The lowest BCUT2D eigenvalue weighted by Gasteiger charge is -2.37. The number of aromatic amines is 1. The summed E-state index contributed by atoms with van der Waals surface area (Å²) >= 11 is 0. The number of aromatic nitrogens is 4. The van der Waals surface area contributed by atoms with Gasteiger partial charge in [0.2, 0.25) is 0 Å². The highest BCUT2D eigenvalue weighted by atomic mass is 19.1. The Morgan fingerprint density at radius 1 is 1.12 bits per heavy atom. The number of hydrogen-bond donors (Lipinski definition) is 1. The number of carbonyl (C=O) groups excluding carboxylic acids is 2. The van der Waals surface area contributed by atoms with Crippen molar-refractivity contribution in [2.75, 3.05) is 6.54 Å². The van der Waals surface area contributed by atoms with E-state index in [1.54, 1.807) is 27.9 Å². The van der Waals surface area contributed by atoms with Gasteiger partial charge in [0.15, 0.2) is 11.6 Å². The van der Waals surface area contributed by atoms with E-state index in [0.29, 0.717) is 54.4 Å². The van der Waals surface area contributed by atoms with Crippen molar-refractivity contribution in [1.82, 2.24) is 24.6 Å². The van der Waals surface area contributed by atoms with E-state index in [4.69, 9.17) is 9.72 Å². The monoisotopic (exact) mass is 565 g/mol. The number of nitrogens with one attached hydrogen (secondary N) is 1. The van der Waals surface area contributed by atoms with Crippen LogP contribution in [0.25, 0.3) is 11.0 Å². The number of hydrogen-bond acceptors (Lipinski definition) is 5. The minimum absolute atomic E-state index is 0.0322. The summed E-state index contributed by atoms with van der Waals surface area (Å²) in [6.07, 6.45) is 8.25. The van der Waals surface area contributed by atoms with Crippen molar-refractivity contribution in [3.8, 4) is 0 Å². The Morgan fingerprint density at radius 2 is 1.88 bits per heavy atom. The molecule has 1 saturated carbocycles. The molecule has 1 aliphatic carbocycles. The van der Waals surface area contributed by atoms with Crippen molar-refractivity contribution in [2.24, 2.45) is 11.8 Å². The first-order valence-corrected chi connectivity index (χ1v) is 15.3. The number of ether oxygens (including phenoxy) is 1. The number of imidazole rings is 1. The normalized spacial score (nSPS) is 22.6. The number of fused-ring (bicyclic) bond motifs is 1. The summed E-state index contributed by atoms with van der Waals surface area (Å²) < 4.78 is 23.6. The van der Waals surface area contributed by atoms with E-state index in [0.717, 1.165) is 38.5 Å². The first-order valence-electron chi connectivity index (χ1n) is 15.3. The highest BCUT2D eigenvalue weighted by Gasteiger charge is 2.35. The first kappa shape index (κ1) is 29.3. The number of ketones is 1. The van der Waals surface area contributed by atoms with Crippen LogP contribution in [0.2, 0.25) is 0 Å². The fourth-order valence-electron chi connectivity index (χ4n) is 6.60. The summed E-state index contributed by atoms with van der Waals surface area (Å²) in [5, 5.41) is 4.28. The standard InChI is InChI=1S/C32H44FN5O3/c1-6-38-26(16-17-34-38)27(39)19-23(21-12-10-20(2)11-13-21)30-35-24-15-14-22(28(33)29(24)36-30)25-9-7-8-18-37(25)31(40)41-32(3,4)5/h14-17,20-21,23,25H,6-13,18-19H2,1-5H3,(H,35,36)/t20?,21?,23-,25?/m0/s1. The SMILES string of the molecule is CCn1nccc1C(=O)C[C@H](c1nc2c(F)c(C3CCCCN3C(=O)OC(C)(C)C)ccc2[nH]1)C1CCC(C)CC1. The molecule has 1 N–H and O–H groups in total. The molecular weight excluding hydrogens is 521 g/mol. The second kappa shape index (κ2) is 11.9. The Hall–Kier alpha value is -3.23. The third-order valence-corrected chi connectivity index (χ3v) is 8.82. The smallest absolute Gasteiger partial charge is 0.410 e. The molecule has 9 heteroatoms. The van der Waals surface area contributed by atoms with Gasteiger partial charge in [-0.25, -0.2) is 14.2 Å². The highest BCUT2D eigenvalue weighted by Crippen LogP contribution is 2.41. The van der Waals surface area contributed by atoms with E-state index in [1.807, 2.05) is 33.8 Å². The van der Waals surface area contributed by atoms with Crippen molar-refractivity contribution < 1.29 is 18.7 Å². The molecule has 0 spiro atoms. The van der Waals surface area contributed by atoms with Crippen LogP contribution in [0.1, 0.15) is 120 Å². The molecule has 2 aromatic heterocycles. The van der Waals surface area contributed by atoms with E-state index in [-0.39, 0.29) is 23.1 Å². The molecule has 2 atom stereocenters. The van der Waals surface area contributed by atoms with Crippen LogP contribution in [-0.2, 0) is 11.3 Å². The zero-order valence-electron chi connectivity index (χ0n) is 25.1. The Morgan fingerprint density at radius 3 is 2.59 bits per heavy atom. The second-order valence-corrected chi connectivity index (χ2v) is 13.0. The summed E-state index contributed by atoms with van der Waals surface area (Å²) in [6, 6.07) is 5.00. The molecule has 3 heterocycles. The summed E-state index contributed by atoms with van der Waals surface area (Å²) in [6.45, 7) is 10.9. The van der Waals surface area contributed by atoms with Crippen LogP contribution < -0.4 is 0 Å². The maximum Gasteiger partial charge on any atom is 0.410 e. The van der Waals surface area contributed by atoms with Crippen molar-refractivity contribution >= 4 is 22.9 Å². The number of nitrogens with zero attached hydrogens (tertiary/aromatic N) is 4. The van der Waals surface area contributed by atoms with E-state index >= 15 is 4.39 Å². The number of aryl methyl sites for hydroxylation is 1. The van der Waals surface area contributed by atoms with Gasteiger partial charge in [-0.05, 0) is 83.8 Å². The number of H-pyrrole nitrogens is 1. The van der Waals surface area contributed by atoms with Crippen molar-refractivity contribution in [3.63, 3.8) is 0 Å². The summed E-state index contributed by atoms with van der Waals surface area (Å²) in [4.78, 5) is 36.4. The van der Waals surface area contributed by atoms with Crippen LogP contribution in [0.15, 0.2) is 24.4 Å². The average Bonchev–Trinajstić information content (AvgIpc) is 3.59. The third-order valence-electron chi connectivity index (χ3n) is 8.82. The lowest BCUT2D eigenvalue weighted by Crippen LogP contribution is -2.42. The zero-order chi connectivity index (χ0) is 29.3. The van der Waals surface area contributed by atoms with Gasteiger partial charge in [0.05, 0.1) is 11.6 Å². The fourth-order valence-corrected chi connectivity index (χ4v) is 6.60. The van der Waals surface area contributed by atoms with E-state index in [2.05, 4.69) is 17.0 Å². The lowest BCUT2D eigenvalue weighted by atomic mass is 9.74. The third kappa shape index (κ3) is 6.33. The van der Waals surface area contributed by atoms with Gasteiger partial charge >= 0.3 is 6.09 Å². The van der Waals surface area contributed by atoms with Gasteiger partial charge in [-0.3, -0.25) is 9.48 Å². The molecule has 0 radical (unpaired) electrons. The molecule has 1 aliphatic heterocycles. The maximum atomic E-state index is 16.2. The minimum atomic E-state index is -0.628. The fraction of sp³-hybridized carbons (Fsp3) is 0.625. The Bertz CT molecular complexity index is 1380. The molecule has 8 nitrogen and oxygen atoms in total. The van der Waals surface area contributed by atoms with Gasteiger partial charge in [0.1, 0.15) is 22.6 Å². The number of amides is 1. The topological polar surface area (TPSA) is 93.1 Å². The van der Waals surface area contributed by atoms with Gasteiger partial charge < -0.3 is 14.6 Å². The molecule has 2 fully saturated rings. The lowest BCUT2D eigenvalue weighted by molar-refractivity contribution is 0.00916. The maximum absolute atomic E-state index is 16.2. The number of rotatable bonds is 7. The second-order valence-electron chi connectivity index (χ2n) is 13.0. The van der Waals surface area contributed by atoms with Crippen LogP contribution in [0.3, 0.4) is 0 Å². The van der Waals surface area contributed by atoms with Crippen LogP contribution in [0.5, 0.6) is 0 Å². The Labute approximate surface area is 242 Å². The van der Waals surface area contributed by atoms with Gasteiger partial charge in [0, 0.05) is 37.2 Å². The highest BCUT2D eigenvalue weighted by molar-refractivity contribution is 5.95. The molecule has 5 rings (SSSR count). The van der Waals surface area contributed by atoms with E-state index in [1.165, 1.54) is 0 Å². The van der Waals surface area contributed by atoms with Crippen LogP contribution in [0.4, 0.5) is 9.18 Å². The molecule has 2 aliphatic rings. The Balaban J connectivity index is 1.47. The first-order chi connectivity index (χ1) is 19.6. The van der Waals surface area contributed by atoms with Crippen LogP contribution in [0, 0.1) is 17.7 Å². The molecular formula is C32H44FN5O3. The molecule has 222 valence electrons. The molecule has 3 aromatic rings. The summed E-state index contributed by atoms with van der Waals surface area (Å²) in [5.74, 6) is 1.11. The zero-order valence-corrected chi connectivity index (χ0v) is 25.1. The molecule has 0 bridgehead atoms. The van der Waals surface area contributed by atoms with Crippen molar-refractivity contribution in [1.29, 1.82) is 0 Å². The predicted octanol–water partition coefficient (Wildman–Crippen LogP) is 7.56. The molecule has 41 heavy (non-hydrogen) atoms. The van der Waals surface area contributed by atoms with Crippen LogP contribution in [-0.4, -0.2) is 48.7 Å². The summed E-state index contributed by atoms with van der Waals surface area (Å²) in [7, 11) is 0. The molecule has 1 amide bonds. The van der Waals surface area contributed by atoms with Crippen molar-refractivity contribution in [3.05, 3.63) is 47.3 Å². The minimum Gasteiger partial charge on any atom is -0.444 e. The number of piperidine rings is 1. The Kier molecular flexibility index (Phi) is 8.52. The van der Waals surface area contributed by atoms with Gasteiger partial charge in [-0.2, -0.15) is 5.10 Å². The molecule has 1 saturated heterocycles. The molecule has 1 unspecified atom stereocenters. The number of benzene rings is 1. The largest absolute Gasteiger partial charge is 0.444 e. The van der Waals surface area contributed by atoms with E-state index in [9.17, 15) is 9.59 Å². The van der Waals surface area contributed by atoms with Gasteiger partial charge in [-0.15, -0.1) is 0 Å². The van der Waals surface area contributed by atoms with E-state index < -0.39 is 23.6 Å².